The topological polar surface area (TPSA) is 70.4 Å². The van der Waals surface area contributed by atoms with Gasteiger partial charge in [0, 0.05) is 13.1 Å². The number of aliphatic hydroxyl groups is 1. The molecule has 0 aromatic carbocycles. The lowest BCUT2D eigenvalue weighted by atomic mass is 10.1. The van der Waals surface area contributed by atoms with E-state index in [0.717, 1.165) is 0 Å². The van der Waals surface area contributed by atoms with Gasteiger partial charge >= 0.3 is 0 Å². The highest BCUT2D eigenvalue weighted by molar-refractivity contribution is 6.32. The van der Waals surface area contributed by atoms with E-state index in [4.69, 9.17) is 11.6 Å². The van der Waals surface area contributed by atoms with E-state index >= 15 is 0 Å². The average molecular weight is 289 g/mol. The smallest absolute Gasteiger partial charge is 0.287 e. The first-order valence-corrected chi connectivity index (χ1v) is 6.45. The number of nitrogens with zero attached hydrogens (tertiary/aromatic N) is 3. The summed E-state index contributed by atoms with van der Waals surface area (Å²) in [6.45, 7) is 4.81. The molecule has 0 fully saturated rings. The predicted molar refractivity (Wildman–Crippen MR) is 76.8 cm³/mol. The fourth-order valence-electron chi connectivity index (χ4n) is 1.35. The Balaban J connectivity index is 2.83. The minimum Gasteiger partial charge on any atom is -0.389 e. The zero-order chi connectivity index (χ0) is 14.6. The number of aromatic nitrogens is 2. The summed E-state index contributed by atoms with van der Waals surface area (Å²) in [5.41, 5.74) is -0.775. The molecule has 0 unspecified atom stereocenters. The lowest BCUT2D eigenvalue weighted by Gasteiger charge is -2.19. The van der Waals surface area contributed by atoms with E-state index in [9.17, 15) is 9.90 Å². The largest absolute Gasteiger partial charge is 0.389 e. The summed E-state index contributed by atoms with van der Waals surface area (Å²) in [6, 6.07) is 0. The van der Waals surface area contributed by atoms with E-state index in [0.29, 0.717) is 18.8 Å². The maximum Gasteiger partial charge on any atom is 0.287 e. The number of halogens is 1. The van der Waals surface area contributed by atoms with Crippen molar-refractivity contribution in [3.63, 3.8) is 0 Å². The van der Waals surface area contributed by atoms with Crippen molar-refractivity contribution in [2.75, 3.05) is 32.5 Å². The van der Waals surface area contributed by atoms with Crippen LogP contribution in [-0.4, -0.2) is 52.6 Å². The van der Waals surface area contributed by atoms with Crippen molar-refractivity contribution in [1.29, 1.82) is 0 Å². The van der Waals surface area contributed by atoms with Gasteiger partial charge in [-0.25, -0.2) is 4.68 Å². The van der Waals surface area contributed by atoms with Gasteiger partial charge in [0.25, 0.3) is 5.56 Å². The second kappa shape index (κ2) is 6.36. The summed E-state index contributed by atoms with van der Waals surface area (Å²) in [4.78, 5) is 13.9. The Hall–Kier alpha value is -1.11. The van der Waals surface area contributed by atoms with Crippen LogP contribution in [0.4, 0.5) is 5.69 Å². The van der Waals surface area contributed by atoms with Gasteiger partial charge in [-0.05, 0) is 27.9 Å². The molecule has 1 rings (SSSR count). The van der Waals surface area contributed by atoms with Crippen LogP contribution < -0.4 is 10.9 Å². The lowest BCUT2D eigenvalue weighted by Crippen LogP contribution is -2.32. The second-order valence-electron chi connectivity index (χ2n) is 5.37. The Labute approximate surface area is 118 Å². The molecule has 0 saturated carbocycles. The molecule has 19 heavy (non-hydrogen) atoms. The van der Waals surface area contributed by atoms with E-state index in [1.165, 1.54) is 10.9 Å². The highest BCUT2D eigenvalue weighted by atomic mass is 35.5. The summed E-state index contributed by atoms with van der Waals surface area (Å²) >= 11 is 6.01. The first-order valence-electron chi connectivity index (χ1n) is 6.07. The van der Waals surface area contributed by atoms with Crippen LogP contribution in [0.2, 0.25) is 5.02 Å². The van der Waals surface area contributed by atoms with Gasteiger partial charge in [0.1, 0.15) is 5.02 Å². The summed E-state index contributed by atoms with van der Waals surface area (Å²) < 4.78 is 1.33. The van der Waals surface area contributed by atoms with E-state index in [1.54, 1.807) is 13.8 Å². The van der Waals surface area contributed by atoms with Crippen LogP contribution in [-0.2, 0) is 6.54 Å². The molecule has 1 aromatic rings. The Bertz CT molecular complexity index is 480. The molecular formula is C12H21ClN4O2. The molecule has 0 atom stereocenters. The number of hydrogen-bond donors (Lipinski definition) is 2. The fraction of sp³-hybridized carbons (Fsp3) is 0.667. The summed E-state index contributed by atoms with van der Waals surface area (Å²) in [5, 5.41) is 16.7. The summed E-state index contributed by atoms with van der Waals surface area (Å²) in [5.74, 6) is 0. The molecule has 6 nitrogen and oxygen atoms in total. The van der Waals surface area contributed by atoms with Gasteiger partial charge in [0.15, 0.2) is 0 Å². The van der Waals surface area contributed by atoms with Crippen LogP contribution in [0.3, 0.4) is 0 Å². The number of hydrogen-bond acceptors (Lipinski definition) is 5. The standard InChI is InChI=1S/C12H21ClN4O2/c1-12(2,19)8-14-9-7-15-17(6-5-16(3)4)11(18)10(9)13/h7,14,19H,5-6,8H2,1-4H3. The third-order valence-corrected chi connectivity index (χ3v) is 2.82. The quantitative estimate of drug-likeness (QED) is 0.804. The van der Waals surface area contributed by atoms with Gasteiger partial charge in [0.05, 0.1) is 24.0 Å². The minimum atomic E-state index is -0.886. The highest BCUT2D eigenvalue weighted by Gasteiger charge is 2.15. The summed E-state index contributed by atoms with van der Waals surface area (Å²) in [6.07, 6.45) is 1.51. The van der Waals surface area contributed by atoms with Crippen molar-refractivity contribution in [2.24, 2.45) is 0 Å². The normalized spacial score (nSPS) is 11.9. The molecule has 1 heterocycles. The maximum absolute atomic E-state index is 12.0. The third-order valence-electron chi connectivity index (χ3n) is 2.46. The fourth-order valence-corrected chi connectivity index (χ4v) is 1.57. The molecule has 0 aliphatic rings. The van der Waals surface area contributed by atoms with Crippen LogP contribution in [0, 0.1) is 0 Å². The van der Waals surface area contributed by atoms with E-state index in [1.807, 2.05) is 19.0 Å². The van der Waals surface area contributed by atoms with E-state index in [-0.39, 0.29) is 17.1 Å². The maximum atomic E-state index is 12.0. The average Bonchev–Trinajstić information content (AvgIpc) is 2.28. The van der Waals surface area contributed by atoms with E-state index < -0.39 is 5.60 Å². The zero-order valence-electron chi connectivity index (χ0n) is 11.8. The van der Waals surface area contributed by atoms with Crippen molar-refractivity contribution in [3.05, 3.63) is 21.6 Å². The molecular weight excluding hydrogens is 268 g/mol. The van der Waals surface area contributed by atoms with Crippen molar-refractivity contribution in [1.82, 2.24) is 14.7 Å². The molecule has 0 radical (unpaired) electrons. The van der Waals surface area contributed by atoms with Crippen LogP contribution in [0.1, 0.15) is 13.8 Å². The van der Waals surface area contributed by atoms with Crippen molar-refractivity contribution >= 4 is 17.3 Å². The lowest BCUT2D eigenvalue weighted by molar-refractivity contribution is 0.0945. The SMILES string of the molecule is CN(C)CCn1ncc(NCC(C)(C)O)c(Cl)c1=O. The molecule has 0 saturated heterocycles. The van der Waals surface area contributed by atoms with Crippen LogP contribution in [0.5, 0.6) is 0 Å². The summed E-state index contributed by atoms with van der Waals surface area (Å²) in [7, 11) is 3.85. The number of rotatable bonds is 6. The molecule has 7 heteroatoms. The highest BCUT2D eigenvalue weighted by Crippen LogP contribution is 2.16. The Morgan fingerprint density at radius 2 is 2.16 bits per heavy atom. The first kappa shape index (κ1) is 15.9. The van der Waals surface area contributed by atoms with Gasteiger partial charge in [-0.15, -0.1) is 0 Å². The number of anilines is 1. The van der Waals surface area contributed by atoms with Crippen molar-refractivity contribution < 1.29 is 5.11 Å². The van der Waals surface area contributed by atoms with Crippen LogP contribution in [0.25, 0.3) is 0 Å². The Morgan fingerprint density at radius 1 is 1.53 bits per heavy atom. The first-order chi connectivity index (χ1) is 8.70. The third kappa shape index (κ3) is 5.18. The molecule has 0 bridgehead atoms. The molecule has 1 aromatic heterocycles. The Kier molecular flexibility index (Phi) is 5.34. The molecule has 0 aliphatic heterocycles. The molecule has 0 amide bonds. The van der Waals surface area contributed by atoms with Crippen molar-refractivity contribution in [2.45, 2.75) is 26.0 Å². The molecule has 0 spiro atoms. The van der Waals surface area contributed by atoms with Gasteiger partial charge in [0.2, 0.25) is 0 Å². The van der Waals surface area contributed by atoms with Gasteiger partial charge < -0.3 is 15.3 Å². The Morgan fingerprint density at radius 3 is 2.68 bits per heavy atom. The molecule has 2 N–H and O–H groups in total. The number of nitrogens with one attached hydrogen (secondary N) is 1. The second-order valence-corrected chi connectivity index (χ2v) is 5.75. The zero-order valence-corrected chi connectivity index (χ0v) is 12.5. The van der Waals surface area contributed by atoms with Crippen molar-refractivity contribution in [3.8, 4) is 0 Å². The predicted octanol–water partition coefficient (Wildman–Crippen LogP) is 0.641. The monoisotopic (exact) mass is 288 g/mol. The van der Waals surface area contributed by atoms with Gasteiger partial charge in [-0.3, -0.25) is 4.79 Å². The van der Waals surface area contributed by atoms with Gasteiger partial charge in [-0.2, -0.15) is 5.10 Å². The molecule has 0 aliphatic carbocycles. The number of likely N-dealkylation sites (N-methyl/N-ethyl adjacent to an activating group) is 1. The van der Waals surface area contributed by atoms with Gasteiger partial charge in [-0.1, -0.05) is 11.6 Å². The van der Waals surface area contributed by atoms with E-state index in [2.05, 4.69) is 10.4 Å². The minimum absolute atomic E-state index is 0.0954. The van der Waals surface area contributed by atoms with Crippen LogP contribution >= 0.6 is 11.6 Å². The van der Waals surface area contributed by atoms with Crippen LogP contribution in [0.15, 0.2) is 11.0 Å². The molecule has 108 valence electrons.